The lowest BCUT2D eigenvalue weighted by Gasteiger charge is -2.32. The van der Waals surface area contributed by atoms with E-state index >= 15 is 0 Å². The van der Waals surface area contributed by atoms with Crippen molar-refractivity contribution in [1.82, 2.24) is 0 Å². The van der Waals surface area contributed by atoms with Crippen LogP contribution in [-0.4, -0.2) is 0 Å². The largest absolute Gasteiger partial charge is 0.207 e. The van der Waals surface area contributed by atoms with E-state index in [0.29, 0.717) is 5.92 Å². The maximum atomic E-state index is 13.1. The third kappa shape index (κ3) is 7.38. The molecule has 1 aromatic rings. The second-order valence-electron chi connectivity index (χ2n) is 9.37. The van der Waals surface area contributed by atoms with Gasteiger partial charge in [0.1, 0.15) is 11.9 Å². The predicted molar refractivity (Wildman–Crippen MR) is 119 cm³/mol. The van der Waals surface area contributed by atoms with Crippen LogP contribution in [0.2, 0.25) is 0 Å². The van der Waals surface area contributed by atoms with Crippen LogP contribution in [0.15, 0.2) is 48.3 Å². The van der Waals surface area contributed by atoms with E-state index in [1.54, 1.807) is 18.2 Å². The first-order valence-corrected chi connectivity index (χ1v) is 11.8. The van der Waals surface area contributed by atoms with Gasteiger partial charge in [-0.25, -0.2) is 4.39 Å². The van der Waals surface area contributed by atoms with Gasteiger partial charge in [-0.3, -0.25) is 0 Å². The van der Waals surface area contributed by atoms with Gasteiger partial charge in [0.15, 0.2) is 5.83 Å². The van der Waals surface area contributed by atoms with Gasteiger partial charge in [0, 0.05) is 0 Å². The zero-order valence-electron chi connectivity index (χ0n) is 18.0. The van der Waals surface area contributed by atoms with Crippen molar-refractivity contribution >= 4 is 0 Å². The number of nitriles is 1. The van der Waals surface area contributed by atoms with E-state index in [2.05, 4.69) is 0 Å². The number of hydrogen-bond donors (Lipinski definition) is 0. The van der Waals surface area contributed by atoms with Crippen LogP contribution in [0, 0.1) is 34.9 Å². The van der Waals surface area contributed by atoms with Crippen molar-refractivity contribution in [1.29, 1.82) is 5.26 Å². The van der Waals surface area contributed by atoms with Gasteiger partial charge in [0.05, 0.1) is 0 Å². The first-order valence-electron chi connectivity index (χ1n) is 11.8. The normalized spacial score (nSPS) is 27.8. The van der Waals surface area contributed by atoms with Gasteiger partial charge in [-0.05, 0) is 86.0 Å². The summed E-state index contributed by atoms with van der Waals surface area (Å²) < 4.78 is 25.8. The molecule has 2 aliphatic carbocycles. The fourth-order valence-electron chi connectivity index (χ4n) is 5.42. The Morgan fingerprint density at radius 3 is 1.97 bits per heavy atom. The number of hydrogen-bond acceptors (Lipinski definition) is 1. The monoisotopic (exact) mass is 411 g/mol. The van der Waals surface area contributed by atoms with Gasteiger partial charge >= 0.3 is 0 Å². The van der Waals surface area contributed by atoms with Gasteiger partial charge in [0.2, 0.25) is 0 Å². The minimum absolute atomic E-state index is 0.137. The number of allylic oxidation sites excluding steroid dienone is 4. The number of nitrogens with zero attached hydrogens (tertiary/aromatic N) is 1. The van der Waals surface area contributed by atoms with Gasteiger partial charge in [-0.1, -0.05) is 62.8 Å². The highest BCUT2D eigenvalue weighted by molar-refractivity contribution is 5.21. The molecule has 2 saturated carbocycles. The Labute approximate surface area is 180 Å². The summed E-state index contributed by atoms with van der Waals surface area (Å²) in [4.78, 5) is 0. The quantitative estimate of drug-likeness (QED) is 0.311. The Hall–Kier alpha value is -1.95. The fourth-order valence-corrected chi connectivity index (χ4v) is 5.42. The Morgan fingerprint density at radius 2 is 1.40 bits per heavy atom. The molecule has 3 rings (SSSR count). The maximum Gasteiger partial charge on any atom is 0.199 e. The first-order chi connectivity index (χ1) is 14.6. The van der Waals surface area contributed by atoms with E-state index in [1.807, 2.05) is 18.2 Å². The molecule has 0 heterocycles. The molecule has 0 radical (unpaired) electrons. The zero-order chi connectivity index (χ0) is 21.2. The highest BCUT2D eigenvalue weighted by Gasteiger charge is 2.25. The lowest BCUT2D eigenvalue weighted by molar-refractivity contribution is 0.225. The van der Waals surface area contributed by atoms with Crippen LogP contribution < -0.4 is 0 Å². The highest BCUT2D eigenvalue weighted by atomic mass is 19.1. The molecule has 0 aromatic heterocycles. The topological polar surface area (TPSA) is 23.8 Å². The van der Waals surface area contributed by atoms with Crippen LogP contribution in [0.3, 0.4) is 0 Å². The molecule has 0 spiro atoms. The minimum Gasteiger partial charge on any atom is -0.207 e. The van der Waals surface area contributed by atoms with Crippen LogP contribution in [0.5, 0.6) is 0 Å². The summed E-state index contributed by atoms with van der Waals surface area (Å²) in [6, 6.07) is 8.62. The summed E-state index contributed by atoms with van der Waals surface area (Å²) in [5, 5.41) is 8.38. The highest BCUT2D eigenvalue weighted by Crippen LogP contribution is 2.40. The molecule has 2 aliphatic rings. The number of benzene rings is 1. The van der Waals surface area contributed by atoms with Crippen molar-refractivity contribution in [3.63, 3.8) is 0 Å². The van der Waals surface area contributed by atoms with Crippen molar-refractivity contribution in [3.8, 4) is 6.07 Å². The molecule has 1 aromatic carbocycles. The summed E-state index contributed by atoms with van der Waals surface area (Å²) in [5.41, 5.74) is 1.31. The summed E-state index contributed by atoms with van der Waals surface area (Å²) in [5.74, 6) is 2.35. The molecule has 1 nitrogen and oxygen atoms in total. The van der Waals surface area contributed by atoms with Crippen LogP contribution in [-0.2, 0) is 0 Å². The zero-order valence-corrected chi connectivity index (χ0v) is 18.0. The summed E-state index contributed by atoms with van der Waals surface area (Å²) in [6.07, 6.45) is 20.3. The molecule has 3 heteroatoms. The summed E-state index contributed by atoms with van der Waals surface area (Å²) in [7, 11) is 0. The SMILES string of the molecule is N#C/C(F)=C/C=C/CC[C@H]1CC[C@H](CC[C@H]2CC[C@H](c3ccc(F)cc3)CC2)CC1. The van der Waals surface area contributed by atoms with E-state index in [1.165, 1.54) is 88.3 Å². The predicted octanol–water partition coefficient (Wildman–Crippen LogP) is 8.40. The van der Waals surface area contributed by atoms with Gasteiger partial charge in [-0.2, -0.15) is 9.65 Å². The fraction of sp³-hybridized carbons (Fsp3) is 0.593. The summed E-state index contributed by atoms with van der Waals surface area (Å²) >= 11 is 0. The van der Waals surface area contributed by atoms with Crippen LogP contribution in [0.1, 0.15) is 88.5 Å². The molecule has 0 bridgehead atoms. The third-order valence-electron chi connectivity index (χ3n) is 7.36. The van der Waals surface area contributed by atoms with Crippen molar-refractivity contribution < 1.29 is 8.78 Å². The Bertz CT molecular complexity index is 727. The molecule has 0 atom stereocenters. The third-order valence-corrected chi connectivity index (χ3v) is 7.36. The molecule has 30 heavy (non-hydrogen) atoms. The van der Waals surface area contributed by atoms with E-state index < -0.39 is 5.83 Å². The molecule has 2 fully saturated rings. The molecule has 162 valence electrons. The second-order valence-corrected chi connectivity index (χ2v) is 9.37. The Morgan fingerprint density at radius 1 is 0.867 bits per heavy atom. The Kier molecular flexibility index (Phi) is 9.12. The molecule has 0 amide bonds. The van der Waals surface area contributed by atoms with Crippen molar-refractivity contribution in [2.24, 2.45) is 17.8 Å². The van der Waals surface area contributed by atoms with Gasteiger partial charge in [-0.15, -0.1) is 0 Å². The lowest BCUT2D eigenvalue weighted by Crippen LogP contribution is -2.17. The van der Waals surface area contributed by atoms with Gasteiger partial charge < -0.3 is 0 Å². The molecular weight excluding hydrogens is 376 g/mol. The van der Waals surface area contributed by atoms with Crippen LogP contribution in [0.25, 0.3) is 0 Å². The van der Waals surface area contributed by atoms with E-state index in [9.17, 15) is 8.78 Å². The number of halogens is 2. The average molecular weight is 412 g/mol. The maximum absolute atomic E-state index is 13.1. The van der Waals surface area contributed by atoms with Crippen molar-refractivity contribution in [2.75, 3.05) is 0 Å². The van der Waals surface area contributed by atoms with E-state index in [-0.39, 0.29) is 5.82 Å². The van der Waals surface area contributed by atoms with Crippen molar-refractivity contribution in [3.05, 3.63) is 59.7 Å². The average Bonchev–Trinajstić information content (AvgIpc) is 2.79. The molecule has 0 N–H and O–H groups in total. The van der Waals surface area contributed by atoms with Crippen molar-refractivity contribution in [2.45, 2.75) is 83.0 Å². The molecule has 0 saturated heterocycles. The number of rotatable bonds is 8. The van der Waals surface area contributed by atoms with E-state index in [4.69, 9.17) is 5.26 Å². The lowest BCUT2D eigenvalue weighted by atomic mass is 9.74. The minimum atomic E-state index is -0.726. The molecule has 0 aliphatic heterocycles. The molecule has 0 unspecified atom stereocenters. The Balaban J connectivity index is 1.27. The van der Waals surface area contributed by atoms with E-state index in [0.717, 1.165) is 24.2 Å². The smallest absolute Gasteiger partial charge is 0.199 e. The van der Waals surface area contributed by atoms with Crippen LogP contribution in [0.4, 0.5) is 8.78 Å². The second kappa shape index (κ2) is 12.0. The first kappa shape index (κ1) is 22.7. The standard InChI is InChI=1S/C27H35F2N/c28-26-18-16-25(17-19-26)24-14-12-23(13-15-24)11-10-22-8-6-21(7-9-22)4-2-1-3-5-27(29)20-30/h1,3,5,16-19,21-24H,2,4,6-15H2/b3-1+,27-5-/t21-,22-,23-,24-. The molecular formula is C27H35F2N. The van der Waals surface area contributed by atoms with Crippen LogP contribution >= 0.6 is 0 Å². The summed E-state index contributed by atoms with van der Waals surface area (Å²) in [6.45, 7) is 0. The van der Waals surface area contributed by atoms with Gasteiger partial charge in [0.25, 0.3) is 0 Å².